The third-order valence-electron chi connectivity index (χ3n) is 4.03. The first-order valence-corrected chi connectivity index (χ1v) is 4.12. The van der Waals surface area contributed by atoms with E-state index in [-0.39, 0.29) is 0 Å². The van der Waals surface area contributed by atoms with Gasteiger partial charge >= 0.3 is 0 Å². The number of fused-ring (bicyclic) bond motifs is 5. The van der Waals surface area contributed by atoms with E-state index >= 15 is 0 Å². The quantitative estimate of drug-likeness (QED) is 0.426. The lowest BCUT2D eigenvalue weighted by atomic mass is 10.2. The average molecular weight is 118 g/mol. The Morgan fingerprint density at radius 2 is 2.33 bits per heavy atom. The fourth-order valence-electron chi connectivity index (χ4n) is 3.26. The maximum Gasteiger partial charge on any atom is -0.0126 e. The maximum atomic E-state index is 2.60. The first-order chi connectivity index (χ1) is 4.42. The van der Waals surface area contributed by atoms with E-state index in [1.54, 1.807) is 12.8 Å². The normalized spacial score (nSPS) is 60.4. The van der Waals surface area contributed by atoms with Gasteiger partial charge in [0, 0.05) is 0 Å². The van der Waals surface area contributed by atoms with E-state index in [1.165, 1.54) is 12.3 Å². The first-order valence-electron chi connectivity index (χ1n) is 4.12. The van der Waals surface area contributed by atoms with Crippen LogP contribution in [0.3, 0.4) is 0 Å². The standard InChI is InChI=1S/C9H10/c1-2-9(1)7-4-5-3-6(5)8(7)9/h4,6-8H,1-3H2. The molecule has 0 aliphatic heterocycles. The summed E-state index contributed by atoms with van der Waals surface area (Å²) in [5, 5.41) is 0. The Bertz CT molecular complexity index is 232. The van der Waals surface area contributed by atoms with Crippen LogP contribution in [0.1, 0.15) is 19.3 Å². The van der Waals surface area contributed by atoms with Gasteiger partial charge in [-0.2, -0.15) is 0 Å². The number of hydrogen-bond acceptors (Lipinski definition) is 0. The van der Waals surface area contributed by atoms with Crippen LogP contribution in [-0.4, -0.2) is 0 Å². The van der Waals surface area contributed by atoms with Gasteiger partial charge < -0.3 is 0 Å². The van der Waals surface area contributed by atoms with Gasteiger partial charge in [0.05, 0.1) is 0 Å². The molecule has 0 amide bonds. The highest BCUT2D eigenvalue weighted by Crippen LogP contribution is 2.84. The summed E-state index contributed by atoms with van der Waals surface area (Å²) < 4.78 is 0. The van der Waals surface area contributed by atoms with E-state index in [4.69, 9.17) is 0 Å². The largest absolute Gasteiger partial charge is 0.0810 e. The van der Waals surface area contributed by atoms with Crippen LogP contribution < -0.4 is 0 Å². The van der Waals surface area contributed by atoms with Crippen molar-refractivity contribution in [3.8, 4) is 0 Å². The molecular formula is C9H10. The molecule has 3 atom stereocenters. The maximum absolute atomic E-state index is 2.60. The van der Waals surface area contributed by atoms with Gasteiger partial charge in [-0.15, -0.1) is 0 Å². The number of allylic oxidation sites excluding steroid dienone is 2. The molecule has 0 aromatic carbocycles. The van der Waals surface area contributed by atoms with E-state index in [0.717, 1.165) is 17.3 Å². The van der Waals surface area contributed by atoms with Crippen molar-refractivity contribution in [3.05, 3.63) is 11.6 Å². The Morgan fingerprint density at radius 1 is 1.44 bits per heavy atom. The second-order valence-electron chi connectivity index (χ2n) is 4.34. The van der Waals surface area contributed by atoms with Crippen molar-refractivity contribution in [2.45, 2.75) is 19.3 Å². The highest BCUT2D eigenvalue weighted by atomic mass is 14.8. The summed E-state index contributed by atoms with van der Waals surface area (Å²) in [6.07, 6.45) is 7.23. The molecule has 0 N–H and O–H groups in total. The van der Waals surface area contributed by atoms with Gasteiger partial charge in [0.2, 0.25) is 0 Å². The minimum absolute atomic E-state index is 0.949. The molecule has 0 saturated heterocycles. The molecule has 0 aromatic heterocycles. The summed E-state index contributed by atoms with van der Waals surface area (Å²) in [5.41, 5.74) is 2.77. The second-order valence-corrected chi connectivity index (χ2v) is 4.34. The van der Waals surface area contributed by atoms with Gasteiger partial charge in [0.25, 0.3) is 0 Å². The Balaban J connectivity index is 1.92. The third-order valence-corrected chi connectivity index (χ3v) is 4.03. The molecule has 4 aliphatic rings. The molecule has 0 radical (unpaired) electrons. The summed E-state index contributed by atoms with van der Waals surface area (Å²) in [6.45, 7) is 0. The van der Waals surface area contributed by atoms with Crippen LogP contribution in [0.25, 0.3) is 0 Å². The Morgan fingerprint density at radius 3 is 2.89 bits per heavy atom. The molecule has 4 rings (SSSR count). The van der Waals surface area contributed by atoms with Crippen molar-refractivity contribution >= 4 is 0 Å². The summed E-state index contributed by atoms with van der Waals surface area (Å²) in [7, 11) is 0. The van der Waals surface area contributed by atoms with Crippen LogP contribution in [-0.2, 0) is 0 Å². The molecule has 3 fully saturated rings. The molecule has 1 spiro atoms. The Labute approximate surface area is 54.9 Å². The molecule has 9 heavy (non-hydrogen) atoms. The van der Waals surface area contributed by atoms with Crippen molar-refractivity contribution in [3.63, 3.8) is 0 Å². The average Bonchev–Trinajstić information content (AvgIpc) is 2.74. The van der Waals surface area contributed by atoms with Gasteiger partial charge in [-0.25, -0.2) is 0 Å². The highest BCUT2D eigenvalue weighted by Gasteiger charge is 2.77. The molecule has 0 heteroatoms. The molecule has 0 aromatic rings. The predicted octanol–water partition coefficient (Wildman–Crippen LogP) is 1.97. The van der Waals surface area contributed by atoms with Crippen LogP contribution in [0.4, 0.5) is 0 Å². The smallest absolute Gasteiger partial charge is 0.0126 e. The molecule has 0 bridgehead atoms. The van der Waals surface area contributed by atoms with E-state index < -0.39 is 0 Å². The lowest BCUT2D eigenvalue weighted by Crippen LogP contribution is -1.80. The lowest BCUT2D eigenvalue weighted by molar-refractivity contribution is 0.645. The van der Waals surface area contributed by atoms with E-state index in [2.05, 4.69) is 6.08 Å². The topological polar surface area (TPSA) is 0 Å². The van der Waals surface area contributed by atoms with Crippen molar-refractivity contribution in [2.75, 3.05) is 0 Å². The Hall–Kier alpha value is -0.260. The summed E-state index contributed by atoms with van der Waals surface area (Å²) in [6, 6.07) is 0. The molecule has 0 heterocycles. The summed E-state index contributed by atoms with van der Waals surface area (Å²) in [5.74, 6) is 3.41. The summed E-state index contributed by atoms with van der Waals surface area (Å²) in [4.78, 5) is 0. The van der Waals surface area contributed by atoms with Crippen LogP contribution in [0.5, 0.6) is 0 Å². The summed E-state index contributed by atoms with van der Waals surface area (Å²) >= 11 is 0. The van der Waals surface area contributed by atoms with Crippen molar-refractivity contribution < 1.29 is 0 Å². The fraction of sp³-hybridized carbons (Fsp3) is 0.778. The van der Waals surface area contributed by atoms with Gasteiger partial charge in [-0.3, -0.25) is 0 Å². The van der Waals surface area contributed by atoms with Gasteiger partial charge in [0.1, 0.15) is 0 Å². The number of rotatable bonds is 0. The molecular weight excluding hydrogens is 108 g/mol. The van der Waals surface area contributed by atoms with Gasteiger partial charge in [-0.05, 0) is 42.4 Å². The zero-order valence-corrected chi connectivity index (χ0v) is 5.43. The van der Waals surface area contributed by atoms with Crippen LogP contribution >= 0.6 is 0 Å². The fourth-order valence-corrected chi connectivity index (χ4v) is 3.26. The van der Waals surface area contributed by atoms with E-state index in [1.807, 2.05) is 5.57 Å². The third kappa shape index (κ3) is 0.238. The monoisotopic (exact) mass is 118 g/mol. The van der Waals surface area contributed by atoms with Crippen LogP contribution in [0, 0.1) is 23.2 Å². The van der Waals surface area contributed by atoms with E-state index in [9.17, 15) is 0 Å². The highest BCUT2D eigenvalue weighted by molar-refractivity contribution is 5.45. The first kappa shape index (κ1) is 3.80. The predicted molar refractivity (Wildman–Crippen MR) is 34.8 cm³/mol. The minimum atomic E-state index is 0.949. The van der Waals surface area contributed by atoms with Crippen LogP contribution in [0.2, 0.25) is 0 Å². The Kier molecular flexibility index (Phi) is 0.314. The zero-order chi connectivity index (χ0) is 5.64. The van der Waals surface area contributed by atoms with E-state index in [0.29, 0.717) is 0 Å². The van der Waals surface area contributed by atoms with Crippen LogP contribution in [0.15, 0.2) is 11.6 Å². The molecule has 0 nitrogen and oxygen atoms in total. The molecule has 3 saturated carbocycles. The molecule has 46 valence electrons. The zero-order valence-electron chi connectivity index (χ0n) is 5.43. The van der Waals surface area contributed by atoms with Gasteiger partial charge in [-0.1, -0.05) is 11.6 Å². The molecule has 4 aliphatic carbocycles. The van der Waals surface area contributed by atoms with Crippen molar-refractivity contribution in [1.82, 2.24) is 0 Å². The van der Waals surface area contributed by atoms with Crippen molar-refractivity contribution in [2.24, 2.45) is 23.2 Å². The van der Waals surface area contributed by atoms with Crippen molar-refractivity contribution in [1.29, 1.82) is 0 Å². The SMILES string of the molecule is C1=C2CC2C2C1C21CC1. The molecule has 3 unspecified atom stereocenters. The second kappa shape index (κ2) is 0.744. The van der Waals surface area contributed by atoms with Gasteiger partial charge in [0.15, 0.2) is 0 Å². The minimum Gasteiger partial charge on any atom is -0.0810 e. The number of hydrogen-bond donors (Lipinski definition) is 0. The lowest BCUT2D eigenvalue weighted by Gasteiger charge is -1.85.